The molecule has 12 aliphatic heterocycles. The Hall–Kier alpha value is -9.89. The van der Waals surface area contributed by atoms with Crippen LogP contribution in [0.1, 0.15) is 188 Å². The molecule has 10 saturated heterocycles. The number of ether oxygens (including phenoxy) is 11. The molecule has 10 fully saturated rings. The number of Topliss-reactive ketones (excluding diaryl/α,β-unsaturated/α-hetero) is 1. The second-order valence-electron chi connectivity index (χ2n) is 37.7. The summed E-state index contributed by atoms with van der Waals surface area (Å²) in [7, 11) is 0. The Morgan fingerprint density at radius 2 is 1.38 bits per heavy atom. The number of ketones is 1. The van der Waals surface area contributed by atoms with Gasteiger partial charge in [-0.15, -0.1) is 0 Å². The summed E-state index contributed by atoms with van der Waals surface area (Å²) in [5.74, 6) is -8.25. The first kappa shape index (κ1) is 92.0. The number of esters is 1. The summed E-state index contributed by atoms with van der Waals surface area (Å²) in [6.45, 7) is 9.67. The molecule has 2 unspecified atom stereocenters. The number of rotatable bonds is 28. The van der Waals surface area contributed by atoms with Crippen LogP contribution in [0.4, 0.5) is 4.39 Å². The van der Waals surface area contributed by atoms with Gasteiger partial charge in [-0.3, -0.25) is 47.9 Å². The van der Waals surface area contributed by atoms with Crippen LogP contribution in [0.15, 0.2) is 89.7 Å². The first-order chi connectivity index (χ1) is 62.4. The second kappa shape index (κ2) is 38.7. The lowest BCUT2D eigenvalue weighted by Gasteiger charge is -2.47. The molecule has 12 bridgehead atoms. The summed E-state index contributed by atoms with van der Waals surface area (Å²) in [6.07, 6.45) is -1.63. The van der Waals surface area contributed by atoms with Crippen LogP contribution < -0.4 is 48.1 Å². The first-order valence-electron chi connectivity index (χ1n) is 45.9. The Morgan fingerprint density at radius 1 is 0.677 bits per heavy atom. The number of cyclic esters (lactones) is 1. The third-order valence-corrected chi connectivity index (χ3v) is 28.3. The van der Waals surface area contributed by atoms with Gasteiger partial charge in [-0.05, 0) is 122 Å². The number of hydrogen-bond acceptors (Lipinski definition) is 25. The van der Waals surface area contributed by atoms with Crippen molar-refractivity contribution in [1.29, 1.82) is 0 Å². The number of aliphatic hydroxyl groups excluding tert-OH is 1. The van der Waals surface area contributed by atoms with Crippen molar-refractivity contribution in [3.8, 4) is 11.4 Å². The maximum absolute atomic E-state index is 18.0. The van der Waals surface area contributed by atoms with E-state index >= 15 is 9.18 Å². The van der Waals surface area contributed by atoms with Crippen molar-refractivity contribution in [2.45, 2.75) is 303 Å². The number of nitrogens with zero attached hydrogens (tertiary/aromatic N) is 2. The van der Waals surface area contributed by atoms with Gasteiger partial charge < -0.3 is 109 Å². The first-order valence-corrected chi connectivity index (χ1v) is 45.9. The lowest BCUT2D eigenvalue weighted by Crippen LogP contribution is -2.61. The molecule has 22 atom stereocenters. The Labute approximate surface area is 751 Å². The quantitative estimate of drug-likeness (QED) is 0.0144. The highest BCUT2D eigenvalue weighted by atomic mass is 19.1. The maximum Gasteiger partial charge on any atom is 0.343 e. The van der Waals surface area contributed by atoms with Gasteiger partial charge in [-0.2, -0.15) is 0 Å². The number of aromatic nitrogens is 2. The molecule has 14 heterocycles. The van der Waals surface area contributed by atoms with Crippen LogP contribution in [0.25, 0.3) is 22.3 Å². The lowest BCUT2D eigenvalue weighted by molar-refractivity contribution is -0.292. The van der Waals surface area contributed by atoms with E-state index in [1.54, 1.807) is 67.6 Å². The predicted molar refractivity (Wildman–Crippen MR) is 460 cm³/mol. The van der Waals surface area contributed by atoms with Gasteiger partial charge >= 0.3 is 5.97 Å². The number of aliphatic hydroxyl groups is 2. The van der Waals surface area contributed by atoms with Crippen LogP contribution in [0.5, 0.6) is 0 Å². The van der Waals surface area contributed by atoms with E-state index in [0.717, 1.165) is 24.0 Å². The number of pyridine rings is 2. The Morgan fingerprint density at radius 3 is 2.11 bits per heavy atom. The minimum absolute atomic E-state index is 0.0111. The van der Waals surface area contributed by atoms with E-state index in [-0.39, 0.29) is 171 Å². The van der Waals surface area contributed by atoms with Crippen LogP contribution in [0.3, 0.4) is 0 Å². The van der Waals surface area contributed by atoms with Crippen molar-refractivity contribution in [2.24, 2.45) is 11.3 Å². The van der Waals surface area contributed by atoms with E-state index in [4.69, 9.17) is 57.1 Å². The van der Waals surface area contributed by atoms with Gasteiger partial charge in [0, 0.05) is 100 Å². The smallest absolute Gasteiger partial charge is 0.343 e. The fourth-order valence-corrected chi connectivity index (χ4v) is 21.9. The van der Waals surface area contributed by atoms with Gasteiger partial charge in [0.15, 0.2) is 11.4 Å². The van der Waals surface area contributed by atoms with Crippen molar-refractivity contribution in [3.63, 3.8) is 0 Å². The zero-order valence-electron chi connectivity index (χ0n) is 73.8. The number of amides is 8. The number of carbonyl (C=O) groups is 10. The summed E-state index contributed by atoms with van der Waals surface area (Å²) >= 11 is 0. The summed E-state index contributed by atoms with van der Waals surface area (Å²) in [4.78, 5) is 154. The zero-order chi connectivity index (χ0) is 91.2. The fourth-order valence-electron chi connectivity index (χ4n) is 21.9. The molecule has 130 heavy (non-hydrogen) atoms. The molecular formula is C95H117FN10O24. The van der Waals surface area contributed by atoms with Crippen LogP contribution in [-0.2, 0) is 144 Å². The molecule has 0 saturated carbocycles. The van der Waals surface area contributed by atoms with Crippen LogP contribution in [0, 0.1) is 17.2 Å². The van der Waals surface area contributed by atoms with E-state index in [0.29, 0.717) is 79.0 Å². The van der Waals surface area contributed by atoms with Crippen molar-refractivity contribution in [2.75, 3.05) is 46.1 Å². The molecule has 1 spiro atoms. The van der Waals surface area contributed by atoms with Gasteiger partial charge in [0.05, 0.1) is 128 Å². The summed E-state index contributed by atoms with van der Waals surface area (Å²) in [5, 5.41) is 45.8. The number of nitrogens with one attached hydrogen (secondary N) is 8. The molecule has 10 N–H and O–H groups in total. The molecule has 8 amide bonds. The average molecular weight is 1800 g/mol. The molecule has 35 heteroatoms. The summed E-state index contributed by atoms with van der Waals surface area (Å²) in [5.41, 5.74) is 1.96. The highest BCUT2D eigenvalue weighted by Crippen LogP contribution is 2.56. The summed E-state index contributed by atoms with van der Waals surface area (Å²) in [6, 6.07) is 17.8. The lowest BCUT2D eigenvalue weighted by atomic mass is 9.80. The molecule has 34 nitrogen and oxygen atoms in total. The standard InChI is InChI=1S/C95H117FN10O24/c1-7-95(119)63-35-69-82-61(44-106(69)91(117)62(63)45-122-92(95)118)81-65(103-79(114)46-120-47-101-77(112)42-100-89(115)67(102-50(4)108)30-51-14-10-8-11-15-51)23-22-59-58(64(96)36-66(105-82)80(59)81)27-29-121-83-60-33-53(109)32-56-20-24-70-84(125-56)88-87-86(127-70)85-74(128-87)39-94(129-85,130-88)28-26-57-38-93(5,6)75(124-57)25-21-55-19-18-48(2)71(123-55)37-72(60)126-73(83)34-54(110)40-98-76(111)41-99-90(116)68(31-52-16-12-9-13-17-52)104-78(113)43-97-49(3)107/h8-17,35-36,54-57,60,65,67-68,70-75,83-88,110,119H,2,7,18-34,37-47H2,1,3-6H3,(H,97,107)(H,98,111)(H,99,116)(H,100,115)(H,101,112)(H,102,108)(H,103,114)(H,104,113)/t54-,55+,56+,57-,60-,65-,67-,68-,70-,71+,72-,73+,74+,75-,83+,84-,85-,86?,87?,88-,94-,95-/m0/s1. The number of hydrogen-bond donors (Lipinski definition) is 10. The van der Waals surface area contributed by atoms with E-state index in [9.17, 15) is 58.2 Å². The monoisotopic (exact) mass is 1800 g/mol. The SMILES string of the molecule is C=C1CC[C@@H]2CC[C@@H]3O[C@@H](CC[C@@]45C[C@H]6OC7C(O[C@H]8CC[C@H](CC(=O)C[C@@H]9[C@@H](OCCc%10c(F)cc%11nc%12c(c%13c%11c%10CC[C@@H]%13NC(=O)COCNC(=O)CNC(=O)[C@H](Cc%10ccccc%10)NC(C)=O)Cn%10c-%12cc%11c(c%10=O)COC(=O)[C@]%11(O)CC)[C@@H](C[C@H](O)CNC(=O)CNC(=O)[C@H](Cc%10ccccc%10)NC(=O)CNC(C)=O)O[C@H]9C[C@H]1O2)O[C@@H]8[C@@H]7O4)[C@H]6O5)CC3(C)C. The highest BCUT2D eigenvalue weighted by Gasteiger charge is 2.69. The zero-order valence-corrected chi connectivity index (χ0v) is 73.8. The van der Waals surface area contributed by atoms with Crippen LogP contribution in [0.2, 0.25) is 0 Å². The largest absolute Gasteiger partial charge is 0.458 e. The fraction of sp³-hybridized carbons (Fsp3) is 0.600. The predicted octanol–water partition coefficient (Wildman–Crippen LogP) is 4.00. The molecule has 3 aromatic carbocycles. The highest BCUT2D eigenvalue weighted by molar-refractivity contribution is 5.95. The van der Waals surface area contributed by atoms with Crippen molar-refractivity contribution in [1.82, 2.24) is 52.1 Å². The van der Waals surface area contributed by atoms with E-state index in [1.165, 1.54) is 24.5 Å². The normalized spacial score (nSPS) is 30.8. The number of carbonyl (C=O) groups excluding carboxylic acids is 10. The van der Waals surface area contributed by atoms with E-state index in [2.05, 4.69) is 63.0 Å². The number of halogens is 1. The Balaban J connectivity index is 0.653. The van der Waals surface area contributed by atoms with E-state index in [1.807, 2.05) is 6.07 Å². The van der Waals surface area contributed by atoms with Gasteiger partial charge in [-0.1, -0.05) is 88.0 Å². The minimum Gasteiger partial charge on any atom is -0.458 e. The van der Waals surface area contributed by atoms with Gasteiger partial charge in [0.2, 0.25) is 47.3 Å². The van der Waals surface area contributed by atoms with E-state index < -0.39 is 195 Å². The average Bonchev–Trinajstić information content (AvgIpc) is 1.53. The molecule has 698 valence electrons. The number of benzene rings is 3. The molecule has 18 rings (SSSR count). The molecule has 2 aromatic heterocycles. The third kappa shape index (κ3) is 19.7. The number of fused-ring (bicyclic) bond motifs is 11. The van der Waals surface area contributed by atoms with Crippen molar-refractivity contribution >= 4 is 69.9 Å². The second-order valence-corrected chi connectivity index (χ2v) is 37.7. The maximum atomic E-state index is 18.0. The van der Waals surface area contributed by atoms with Crippen molar-refractivity contribution < 1.29 is 115 Å². The third-order valence-electron chi connectivity index (χ3n) is 28.3. The summed E-state index contributed by atoms with van der Waals surface area (Å²) < 4.78 is 93.9. The van der Waals surface area contributed by atoms with Crippen molar-refractivity contribution in [3.05, 3.63) is 146 Å². The molecule has 13 aliphatic rings. The molecule has 5 aromatic rings. The van der Waals surface area contributed by atoms with Crippen LogP contribution in [-0.4, -0.2) is 240 Å². The number of aryl methyl sites for hydroxylation is 1. The molecule has 0 radical (unpaired) electrons. The van der Waals surface area contributed by atoms with Gasteiger partial charge in [-0.25, -0.2) is 14.2 Å². The Kier molecular flexibility index (Phi) is 27.4. The molecular weight excluding hydrogens is 1680 g/mol. The molecule has 1 aliphatic carbocycles. The van der Waals surface area contributed by atoms with Crippen LogP contribution >= 0.6 is 0 Å². The minimum atomic E-state index is -2.18. The van der Waals surface area contributed by atoms with Gasteiger partial charge in [0.1, 0.15) is 74.1 Å². The van der Waals surface area contributed by atoms with Gasteiger partial charge in [0.25, 0.3) is 5.56 Å². The Bertz CT molecular complexity index is 5250. The topological polar surface area (TPSA) is 444 Å².